The summed E-state index contributed by atoms with van der Waals surface area (Å²) >= 11 is 7.67. The minimum Gasteiger partial charge on any atom is -0.488 e. The molecule has 1 heterocycles. The van der Waals surface area contributed by atoms with Gasteiger partial charge in [0.25, 0.3) is 0 Å². The van der Waals surface area contributed by atoms with E-state index in [0.717, 1.165) is 32.8 Å². The molecule has 4 aromatic rings. The van der Waals surface area contributed by atoms with Gasteiger partial charge >= 0.3 is 0 Å². The van der Waals surface area contributed by atoms with E-state index in [-0.39, 0.29) is 12.4 Å². The monoisotopic (exact) mass is 398 g/mol. The smallest absolute Gasteiger partial charge is 0.182 e. The average Bonchev–Trinajstić information content (AvgIpc) is 3.19. The molecule has 1 aromatic heterocycles. The van der Waals surface area contributed by atoms with Gasteiger partial charge in [-0.05, 0) is 29.0 Å². The van der Waals surface area contributed by atoms with E-state index in [1.165, 1.54) is 12.1 Å². The summed E-state index contributed by atoms with van der Waals surface area (Å²) < 4.78 is 19.3. The quantitative estimate of drug-likeness (QED) is 0.415. The molecule has 0 aliphatic heterocycles. The summed E-state index contributed by atoms with van der Waals surface area (Å²) in [5, 5.41) is 8.74. The maximum absolute atomic E-state index is 13.2. The van der Waals surface area contributed by atoms with Crippen molar-refractivity contribution in [3.8, 4) is 5.75 Å². The number of anilines is 1. The number of fused-ring (bicyclic) bond motifs is 1. The van der Waals surface area contributed by atoms with Gasteiger partial charge in [-0.25, -0.2) is 9.37 Å². The predicted molar refractivity (Wildman–Crippen MR) is 109 cm³/mol. The SMILES string of the molecule is Fc1ccc(COc2ccc3ccccc3c2CNc2nccs2)c(Cl)c1. The second-order valence-corrected chi connectivity index (χ2v) is 7.28. The van der Waals surface area contributed by atoms with Gasteiger partial charge in [-0.15, -0.1) is 11.3 Å². The minimum absolute atomic E-state index is 0.266. The number of ether oxygens (including phenoxy) is 1. The van der Waals surface area contributed by atoms with E-state index in [0.29, 0.717) is 11.6 Å². The average molecular weight is 399 g/mol. The first-order valence-electron chi connectivity index (χ1n) is 8.41. The molecule has 0 unspecified atom stereocenters. The fraction of sp³-hybridized carbons (Fsp3) is 0.0952. The van der Waals surface area contributed by atoms with Crippen molar-refractivity contribution in [3.63, 3.8) is 0 Å². The Morgan fingerprint density at radius 3 is 2.81 bits per heavy atom. The Balaban J connectivity index is 1.63. The predicted octanol–water partition coefficient (Wildman–Crippen LogP) is 6.28. The summed E-state index contributed by atoms with van der Waals surface area (Å²) in [6.45, 7) is 0.850. The van der Waals surface area contributed by atoms with Crippen LogP contribution >= 0.6 is 22.9 Å². The molecule has 6 heteroatoms. The Hall–Kier alpha value is -2.63. The Bertz CT molecular complexity index is 1070. The number of halogens is 2. The summed E-state index contributed by atoms with van der Waals surface area (Å²) in [6.07, 6.45) is 1.77. The van der Waals surface area contributed by atoms with Crippen LogP contribution in [0.5, 0.6) is 5.75 Å². The largest absolute Gasteiger partial charge is 0.488 e. The second-order valence-electron chi connectivity index (χ2n) is 5.98. The third-order valence-electron chi connectivity index (χ3n) is 4.24. The number of thiazole rings is 1. The van der Waals surface area contributed by atoms with Crippen LogP contribution in [-0.2, 0) is 13.2 Å². The van der Waals surface area contributed by atoms with Gasteiger partial charge in [-0.2, -0.15) is 0 Å². The number of nitrogens with zero attached hydrogens (tertiary/aromatic N) is 1. The molecule has 0 saturated heterocycles. The van der Waals surface area contributed by atoms with E-state index in [1.54, 1.807) is 23.6 Å². The molecular weight excluding hydrogens is 383 g/mol. The molecule has 0 aliphatic rings. The number of nitrogens with one attached hydrogen (secondary N) is 1. The van der Waals surface area contributed by atoms with Crippen LogP contribution in [0.25, 0.3) is 10.8 Å². The lowest BCUT2D eigenvalue weighted by atomic mass is 10.0. The molecule has 1 N–H and O–H groups in total. The van der Waals surface area contributed by atoms with Crippen molar-refractivity contribution in [2.24, 2.45) is 0 Å². The van der Waals surface area contributed by atoms with Crippen LogP contribution in [0.2, 0.25) is 5.02 Å². The normalized spacial score (nSPS) is 10.9. The van der Waals surface area contributed by atoms with E-state index in [4.69, 9.17) is 16.3 Å². The summed E-state index contributed by atoms with van der Waals surface area (Å²) in [7, 11) is 0. The highest BCUT2D eigenvalue weighted by Gasteiger charge is 2.11. The van der Waals surface area contributed by atoms with Gasteiger partial charge in [-0.1, -0.05) is 48.0 Å². The lowest BCUT2D eigenvalue weighted by molar-refractivity contribution is 0.304. The zero-order valence-electron chi connectivity index (χ0n) is 14.3. The van der Waals surface area contributed by atoms with Gasteiger partial charge in [0, 0.05) is 29.2 Å². The van der Waals surface area contributed by atoms with Gasteiger partial charge < -0.3 is 10.1 Å². The first kappa shape index (κ1) is 17.8. The van der Waals surface area contributed by atoms with E-state index in [9.17, 15) is 4.39 Å². The standard InChI is InChI=1S/C21H16ClFN2OS/c22-19-11-16(23)7-5-15(19)13-26-20-8-6-14-3-1-2-4-17(14)18(20)12-25-21-24-9-10-27-21/h1-11H,12-13H2,(H,24,25). The lowest BCUT2D eigenvalue weighted by Crippen LogP contribution is -2.05. The molecule has 0 atom stereocenters. The molecule has 0 bridgehead atoms. The second kappa shape index (κ2) is 7.94. The highest BCUT2D eigenvalue weighted by Crippen LogP contribution is 2.30. The third kappa shape index (κ3) is 4.04. The van der Waals surface area contributed by atoms with E-state index < -0.39 is 0 Å². The van der Waals surface area contributed by atoms with Crippen molar-refractivity contribution >= 4 is 38.8 Å². The molecule has 3 nitrogen and oxygen atoms in total. The molecule has 0 fully saturated rings. The molecule has 0 amide bonds. The summed E-state index contributed by atoms with van der Waals surface area (Å²) in [5.74, 6) is 0.404. The Labute approximate surface area is 165 Å². The highest BCUT2D eigenvalue weighted by atomic mass is 35.5. The summed E-state index contributed by atoms with van der Waals surface area (Å²) in [5.41, 5.74) is 1.78. The fourth-order valence-corrected chi connectivity index (χ4v) is 3.65. The molecule has 3 aromatic carbocycles. The number of hydrogen-bond acceptors (Lipinski definition) is 4. The number of aromatic nitrogens is 1. The minimum atomic E-state index is -0.359. The van der Waals surface area contributed by atoms with Crippen molar-refractivity contribution in [2.75, 3.05) is 5.32 Å². The lowest BCUT2D eigenvalue weighted by Gasteiger charge is -2.15. The maximum Gasteiger partial charge on any atom is 0.182 e. The zero-order chi connectivity index (χ0) is 18.6. The van der Waals surface area contributed by atoms with Crippen molar-refractivity contribution in [1.29, 1.82) is 0 Å². The van der Waals surface area contributed by atoms with Crippen LogP contribution < -0.4 is 10.1 Å². The van der Waals surface area contributed by atoms with Crippen LogP contribution in [0.3, 0.4) is 0 Å². The van der Waals surface area contributed by atoms with E-state index >= 15 is 0 Å². The molecule has 4 rings (SSSR count). The Kier molecular flexibility index (Phi) is 5.23. The molecule has 0 saturated carbocycles. The Morgan fingerprint density at radius 2 is 2.00 bits per heavy atom. The number of benzene rings is 3. The first-order valence-corrected chi connectivity index (χ1v) is 9.67. The topological polar surface area (TPSA) is 34.1 Å². The van der Waals surface area contributed by atoms with Crippen molar-refractivity contribution in [2.45, 2.75) is 13.2 Å². The first-order chi connectivity index (χ1) is 13.2. The van der Waals surface area contributed by atoms with Gasteiger partial charge in [0.2, 0.25) is 0 Å². The Morgan fingerprint density at radius 1 is 1.11 bits per heavy atom. The number of hydrogen-bond donors (Lipinski definition) is 1. The molecular formula is C21H16ClFN2OS. The van der Waals surface area contributed by atoms with Crippen molar-refractivity contribution < 1.29 is 9.13 Å². The van der Waals surface area contributed by atoms with E-state index in [1.807, 2.05) is 29.6 Å². The van der Waals surface area contributed by atoms with Gasteiger partial charge in [0.1, 0.15) is 18.2 Å². The number of rotatable bonds is 6. The van der Waals surface area contributed by atoms with E-state index in [2.05, 4.69) is 22.4 Å². The molecule has 136 valence electrons. The van der Waals surface area contributed by atoms with Gasteiger partial charge in [-0.3, -0.25) is 0 Å². The molecule has 0 spiro atoms. The molecule has 0 aliphatic carbocycles. The van der Waals surface area contributed by atoms with Crippen LogP contribution in [0, 0.1) is 5.82 Å². The highest BCUT2D eigenvalue weighted by molar-refractivity contribution is 7.13. The maximum atomic E-state index is 13.2. The summed E-state index contributed by atoms with van der Waals surface area (Å²) in [4.78, 5) is 4.27. The molecule has 27 heavy (non-hydrogen) atoms. The fourth-order valence-electron chi connectivity index (χ4n) is 2.90. The van der Waals surface area contributed by atoms with Crippen molar-refractivity contribution in [3.05, 3.63) is 88.1 Å². The van der Waals surface area contributed by atoms with Crippen molar-refractivity contribution in [1.82, 2.24) is 4.98 Å². The van der Waals surface area contributed by atoms with Crippen LogP contribution in [0.1, 0.15) is 11.1 Å². The summed E-state index contributed by atoms with van der Waals surface area (Å²) in [6, 6.07) is 16.5. The third-order valence-corrected chi connectivity index (χ3v) is 5.33. The van der Waals surface area contributed by atoms with Crippen LogP contribution in [0.4, 0.5) is 9.52 Å². The van der Waals surface area contributed by atoms with Crippen LogP contribution in [0.15, 0.2) is 66.2 Å². The van der Waals surface area contributed by atoms with Crippen LogP contribution in [-0.4, -0.2) is 4.98 Å². The van der Waals surface area contributed by atoms with Gasteiger partial charge in [0.15, 0.2) is 5.13 Å². The molecule has 0 radical (unpaired) electrons. The zero-order valence-corrected chi connectivity index (χ0v) is 15.9. The van der Waals surface area contributed by atoms with Gasteiger partial charge in [0.05, 0.1) is 5.02 Å².